The number of nitrogens with zero attached hydrogens (tertiary/aromatic N) is 1. The molecule has 114 valence electrons. The third kappa shape index (κ3) is 3.34. The van der Waals surface area contributed by atoms with Crippen LogP contribution in [0.1, 0.15) is 32.7 Å². The second kappa shape index (κ2) is 6.71. The Labute approximate surface area is 131 Å². The first-order valence-corrected chi connectivity index (χ1v) is 7.74. The van der Waals surface area contributed by atoms with Crippen molar-refractivity contribution in [2.45, 2.75) is 19.3 Å². The highest BCUT2D eigenvalue weighted by Gasteiger charge is 2.09. The molecule has 1 amide bonds. The van der Waals surface area contributed by atoms with Gasteiger partial charge in [0, 0.05) is 25.4 Å². The minimum Gasteiger partial charge on any atom is -0.355 e. The molecule has 0 aliphatic carbocycles. The number of benzene rings is 1. The molecular formula is C18H21N3O. The predicted molar refractivity (Wildman–Crippen MR) is 87.2 cm³/mol. The van der Waals surface area contributed by atoms with Crippen LogP contribution in [0.3, 0.4) is 0 Å². The van der Waals surface area contributed by atoms with Gasteiger partial charge in [0.25, 0.3) is 5.91 Å². The summed E-state index contributed by atoms with van der Waals surface area (Å²) >= 11 is 0. The molecule has 0 saturated carbocycles. The van der Waals surface area contributed by atoms with Crippen LogP contribution in [0.25, 0.3) is 0 Å². The molecule has 0 radical (unpaired) electrons. The number of hydrogen-bond donors (Lipinski definition) is 2. The first-order chi connectivity index (χ1) is 10.8. The van der Waals surface area contributed by atoms with Gasteiger partial charge >= 0.3 is 0 Å². The molecule has 0 fully saturated rings. The number of nitrogens with one attached hydrogen (secondary N) is 2. The van der Waals surface area contributed by atoms with E-state index < -0.39 is 0 Å². The fraction of sp³-hybridized carbons (Fsp3) is 0.333. The van der Waals surface area contributed by atoms with Crippen molar-refractivity contribution < 1.29 is 4.79 Å². The molecule has 1 aliphatic heterocycles. The standard InChI is InChI=1S/C18H21N3O/c1-19-18(22)16-4-5-17(21-12-16)11-13-2-3-14-6-8-20-9-7-15(14)10-13/h2-5,10,12,20H,6-9,11H2,1H3,(H,19,22). The zero-order chi connectivity index (χ0) is 15.4. The van der Waals surface area contributed by atoms with Crippen LogP contribution in [0.2, 0.25) is 0 Å². The van der Waals surface area contributed by atoms with E-state index in [2.05, 4.69) is 33.8 Å². The summed E-state index contributed by atoms with van der Waals surface area (Å²) < 4.78 is 0. The molecule has 1 aromatic carbocycles. The number of amides is 1. The topological polar surface area (TPSA) is 54.0 Å². The summed E-state index contributed by atoms with van der Waals surface area (Å²) in [4.78, 5) is 15.9. The number of pyridine rings is 1. The highest BCUT2D eigenvalue weighted by atomic mass is 16.1. The number of rotatable bonds is 3. The quantitative estimate of drug-likeness (QED) is 0.906. The van der Waals surface area contributed by atoms with Gasteiger partial charge in [0.1, 0.15) is 0 Å². The van der Waals surface area contributed by atoms with Gasteiger partial charge in [-0.15, -0.1) is 0 Å². The van der Waals surface area contributed by atoms with Gasteiger partial charge in [0.05, 0.1) is 5.56 Å². The van der Waals surface area contributed by atoms with Crippen molar-refractivity contribution in [1.82, 2.24) is 15.6 Å². The highest BCUT2D eigenvalue weighted by Crippen LogP contribution is 2.17. The number of aromatic nitrogens is 1. The van der Waals surface area contributed by atoms with E-state index in [4.69, 9.17) is 0 Å². The van der Waals surface area contributed by atoms with E-state index in [1.54, 1.807) is 13.2 Å². The lowest BCUT2D eigenvalue weighted by Crippen LogP contribution is -2.17. The average molecular weight is 295 g/mol. The van der Waals surface area contributed by atoms with Crippen LogP contribution in [-0.2, 0) is 19.3 Å². The number of carbonyl (C=O) groups is 1. The fourth-order valence-electron chi connectivity index (χ4n) is 2.85. The van der Waals surface area contributed by atoms with E-state index in [1.165, 1.54) is 16.7 Å². The lowest BCUT2D eigenvalue weighted by atomic mass is 9.98. The Bertz CT molecular complexity index is 665. The van der Waals surface area contributed by atoms with E-state index in [0.29, 0.717) is 5.56 Å². The Morgan fingerprint density at radius 3 is 2.73 bits per heavy atom. The smallest absolute Gasteiger partial charge is 0.252 e. The molecule has 3 rings (SSSR count). The van der Waals surface area contributed by atoms with Gasteiger partial charge in [-0.1, -0.05) is 18.2 Å². The molecule has 0 saturated heterocycles. The van der Waals surface area contributed by atoms with Gasteiger partial charge in [-0.3, -0.25) is 9.78 Å². The third-order valence-corrected chi connectivity index (χ3v) is 4.11. The van der Waals surface area contributed by atoms with E-state index in [9.17, 15) is 4.79 Å². The summed E-state index contributed by atoms with van der Waals surface area (Å²) in [5, 5.41) is 6.04. The highest BCUT2D eigenvalue weighted by molar-refractivity contribution is 5.93. The van der Waals surface area contributed by atoms with Crippen LogP contribution in [-0.4, -0.2) is 31.0 Å². The minimum absolute atomic E-state index is 0.100. The summed E-state index contributed by atoms with van der Waals surface area (Å²) in [7, 11) is 1.63. The molecule has 0 atom stereocenters. The van der Waals surface area contributed by atoms with Crippen molar-refractivity contribution in [1.29, 1.82) is 0 Å². The second-order valence-corrected chi connectivity index (χ2v) is 5.65. The lowest BCUT2D eigenvalue weighted by Gasteiger charge is -2.09. The Balaban J connectivity index is 1.75. The minimum atomic E-state index is -0.100. The Hall–Kier alpha value is -2.20. The molecule has 1 aromatic heterocycles. The largest absolute Gasteiger partial charge is 0.355 e. The number of hydrogen-bond acceptors (Lipinski definition) is 3. The van der Waals surface area contributed by atoms with Gasteiger partial charge in [0.2, 0.25) is 0 Å². The second-order valence-electron chi connectivity index (χ2n) is 5.65. The fourth-order valence-corrected chi connectivity index (χ4v) is 2.85. The lowest BCUT2D eigenvalue weighted by molar-refractivity contribution is 0.0962. The summed E-state index contributed by atoms with van der Waals surface area (Å²) in [6, 6.07) is 10.5. The van der Waals surface area contributed by atoms with Gasteiger partial charge < -0.3 is 10.6 Å². The Kier molecular flexibility index (Phi) is 4.49. The van der Waals surface area contributed by atoms with Gasteiger partial charge in [-0.25, -0.2) is 0 Å². The van der Waals surface area contributed by atoms with Crippen LogP contribution in [0, 0.1) is 0 Å². The molecule has 22 heavy (non-hydrogen) atoms. The molecule has 2 N–H and O–H groups in total. The molecule has 1 aliphatic rings. The van der Waals surface area contributed by atoms with Crippen molar-refractivity contribution in [3.05, 3.63) is 64.5 Å². The van der Waals surface area contributed by atoms with Gasteiger partial charge in [-0.2, -0.15) is 0 Å². The predicted octanol–water partition coefficient (Wildman–Crippen LogP) is 1.72. The van der Waals surface area contributed by atoms with Crippen molar-refractivity contribution >= 4 is 5.91 Å². The van der Waals surface area contributed by atoms with Crippen LogP contribution in [0.4, 0.5) is 0 Å². The monoisotopic (exact) mass is 295 g/mol. The van der Waals surface area contributed by atoms with Crippen molar-refractivity contribution in [2.75, 3.05) is 20.1 Å². The normalized spacial score (nSPS) is 14.0. The maximum Gasteiger partial charge on any atom is 0.252 e. The molecule has 4 nitrogen and oxygen atoms in total. The molecular weight excluding hydrogens is 274 g/mol. The van der Waals surface area contributed by atoms with Crippen LogP contribution in [0.15, 0.2) is 36.5 Å². The van der Waals surface area contributed by atoms with E-state index in [-0.39, 0.29) is 5.91 Å². The maximum atomic E-state index is 11.5. The van der Waals surface area contributed by atoms with Crippen molar-refractivity contribution in [3.8, 4) is 0 Å². The van der Waals surface area contributed by atoms with Crippen molar-refractivity contribution in [3.63, 3.8) is 0 Å². The van der Waals surface area contributed by atoms with Gasteiger partial charge in [0.15, 0.2) is 0 Å². The summed E-state index contributed by atoms with van der Waals surface area (Å²) in [6.07, 6.45) is 4.64. The zero-order valence-electron chi connectivity index (χ0n) is 12.9. The van der Waals surface area contributed by atoms with Crippen LogP contribution >= 0.6 is 0 Å². The van der Waals surface area contributed by atoms with Crippen LogP contribution in [0.5, 0.6) is 0 Å². The maximum absolute atomic E-state index is 11.5. The molecule has 0 bridgehead atoms. The molecule has 2 heterocycles. The average Bonchev–Trinajstić information content (AvgIpc) is 2.79. The van der Waals surface area contributed by atoms with E-state index in [0.717, 1.165) is 38.0 Å². The summed E-state index contributed by atoms with van der Waals surface area (Å²) in [5.41, 5.74) is 5.76. The van der Waals surface area contributed by atoms with Gasteiger partial charge in [-0.05, 0) is 54.8 Å². The first-order valence-electron chi connectivity index (χ1n) is 7.74. The number of carbonyl (C=O) groups excluding carboxylic acids is 1. The summed E-state index contributed by atoms with van der Waals surface area (Å²) in [6.45, 7) is 2.12. The van der Waals surface area contributed by atoms with Crippen LogP contribution < -0.4 is 10.6 Å². The molecule has 0 unspecified atom stereocenters. The summed E-state index contributed by atoms with van der Waals surface area (Å²) in [5.74, 6) is -0.100. The molecule has 0 spiro atoms. The van der Waals surface area contributed by atoms with E-state index >= 15 is 0 Å². The molecule has 4 heteroatoms. The Morgan fingerprint density at radius 1 is 1.18 bits per heavy atom. The van der Waals surface area contributed by atoms with Crippen molar-refractivity contribution in [2.24, 2.45) is 0 Å². The third-order valence-electron chi connectivity index (χ3n) is 4.11. The number of fused-ring (bicyclic) bond motifs is 1. The Morgan fingerprint density at radius 2 is 2.00 bits per heavy atom. The molecule has 2 aromatic rings. The zero-order valence-corrected chi connectivity index (χ0v) is 12.9. The van der Waals surface area contributed by atoms with E-state index in [1.807, 2.05) is 12.1 Å². The SMILES string of the molecule is CNC(=O)c1ccc(Cc2ccc3c(c2)CCNCC3)nc1. The first kappa shape index (κ1) is 14.7.